The fourth-order valence-electron chi connectivity index (χ4n) is 2.25. The van der Waals surface area contributed by atoms with E-state index in [0.29, 0.717) is 0 Å². The van der Waals surface area contributed by atoms with Gasteiger partial charge in [-0.15, -0.1) is 0 Å². The lowest BCUT2D eigenvalue weighted by atomic mass is 9.90. The predicted molar refractivity (Wildman–Crippen MR) is 37.3 cm³/mol. The van der Waals surface area contributed by atoms with Gasteiger partial charge >= 0.3 is 0 Å². The fourth-order valence-corrected chi connectivity index (χ4v) is 2.25. The van der Waals surface area contributed by atoms with E-state index in [1.807, 2.05) is 0 Å². The van der Waals surface area contributed by atoms with Crippen molar-refractivity contribution in [1.29, 1.82) is 0 Å². The van der Waals surface area contributed by atoms with Crippen molar-refractivity contribution in [3.63, 3.8) is 0 Å². The molecule has 1 nitrogen and oxygen atoms in total. The Morgan fingerprint density at radius 1 is 1.00 bits per heavy atom. The first-order chi connectivity index (χ1) is 4.47. The van der Waals surface area contributed by atoms with Crippen LogP contribution in [0.3, 0.4) is 0 Å². The Kier molecular flexibility index (Phi) is 1.46. The van der Waals surface area contributed by atoms with Crippen molar-refractivity contribution >= 4 is 0 Å². The van der Waals surface area contributed by atoms with Crippen LogP contribution in [0.15, 0.2) is 0 Å². The zero-order valence-corrected chi connectivity index (χ0v) is 5.84. The van der Waals surface area contributed by atoms with Crippen LogP contribution in [0.5, 0.6) is 0 Å². The second kappa shape index (κ2) is 2.30. The molecule has 0 aromatic heterocycles. The molecule has 2 fully saturated rings. The van der Waals surface area contributed by atoms with Gasteiger partial charge in [-0.3, -0.25) is 0 Å². The van der Waals surface area contributed by atoms with E-state index < -0.39 is 0 Å². The van der Waals surface area contributed by atoms with Crippen LogP contribution in [0.1, 0.15) is 25.7 Å². The summed E-state index contributed by atoms with van der Waals surface area (Å²) in [5.74, 6) is 2.07. The first-order valence-corrected chi connectivity index (χ1v) is 4.10. The van der Waals surface area contributed by atoms with Gasteiger partial charge in [0.2, 0.25) is 0 Å². The van der Waals surface area contributed by atoms with E-state index in [4.69, 9.17) is 0 Å². The Morgan fingerprint density at radius 2 is 1.89 bits per heavy atom. The molecule has 1 saturated carbocycles. The van der Waals surface area contributed by atoms with Crippen LogP contribution in [0, 0.1) is 11.8 Å². The van der Waals surface area contributed by atoms with Crippen molar-refractivity contribution in [2.75, 3.05) is 13.1 Å². The highest BCUT2D eigenvalue weighted by atomic mass is 14.9. The minimum absolute atomic E-state index is 0.999. The number of rotatable bonds is 0. The molecule has 51 valence electrons. The smallest absolute Gasteiger partial charge is 0.0164 e. The molecular weight excluding hydrogens is 110 g/mol. The lowest BCUT2D eigenvalue weighted by Gasteiger charge is -2.24. The van der Waals surface area contributed by atoms with Crippen LogP contribution in [-0.4, -0.2) is 13.1 Å². The van der Waals surface area contributed by atoms with Gasteiger partial charge in [-0.2, -0.15) is 0 Å². The van der Waals surface area contributed by atoms with Gasteiger partial charge in [-0.25, -0.2) is 5.32 Å². The monoisotopic (exact) mass is 124 g/mol. The Hall–Kier alpha value is -0.0400. The van der Waals surface area contributed by atoms with Gasteiger partial charge in [0.1, 0.15) is 0 Å². The predicted octanol–water partition coefficient (Wildman–Crippen LogP) is 1.41. The number of hydrogen-bond donors (Lipinski definition) is 0. The molecule has 2 atom stereocenters. The van der Waals surface area contributed by atoms with Crippen molar-refractivity contribution < 1.29 is 0 Å². The fraction of sp³-hybridized carbons (Fsp3) is 1.00. The average molecular weight is 124 g/mol. The number of fused-ring (bicyclic) bond motifs is 1. The van der Waals surface area contributed by atoms with Crippen molar-refractivity contribution in [3.05, 3.63) is 0 Å². The molecule has 1 saturated heterocycles. The minimum atomic E-state index is 0.999. The van der Waals surface area contributed by atoms with Crippen molar-refractivity contribution in [2.45, 2.75) is 25.7 Å². The summed E-state index contributed by atoms with van der Waals surface area (Å²) in [4.78, 5) is 0. The summed E-state index contributed by atoms with van der Waals surface area (Å²) in [5.41, 5.74) is 0. The van der Waals surface area contributed by atoms with Crippen LogP contribution in [-0.2, 0) is 0 Å². The zero-order chi connectivity index (χ0) is 6.10. The summed E-state index contributed by atoms with van der Waals surface area (Å²) in [6.45, 7) is 2.34. The molecule has 1 aliphatic carbocycles. The topological polar surface area (TPSA) is 14.1 Å². The molecule has 0 N–H and O–H groups in total. The van der Waals surface area contributed by atoms with Gasteiger partial charge in [0.15, 0.2) is 0 Å². The van der Waals surface area contributed by atoms with E-state index in [9.17, 15) is 0 Å². The summed E-state index contributed by atoms with van der Waals surface area (Å²) >= 11 is 0. The molecule has 0 aromatic carbocycles. The van der Waals surface area contributed by atoms with E-state index in [1.165, 1.54) is 32.2 Å². The maximum atomic E-state index is 4.42. The van der Waals surface area contributed by atoms with Crippen LogP contribution >= 0.6 is 0 Å². The van der Waals surface area contributed by atoms with Gasteiger partial charge in [-0.1, -0.05) is 12.8 Å². The van der Waals surface area contributed by atoms with Crippen molar-refractivity contribution in [1.82, 2.24) is 5.32 Å². The molecule has 0 spiro atoms. The lowest BCUT2D eigenvalue weighted by Crippen LogP contribution is -2.28. The molecule has 1 radical (unpaired) electrons. The van der Waals surface area contributed by atoms with Crippen molar-refractivity contribution in [2.24, 2.45) is 11.8 Å². The van der Waals surface area contributed by atoms with Gasteiger partial charge in [0, 0.05) is 13.1 Å². The van der Waals surface area contributed by atoms with E-state index in [0.717, 1.165) is 18.4 Å². The second-order valence-electron chi connectivity index (χ2n) is 3.37. The molecule has 0 aromatic rings. The second-order valence-corrected chi connectivity index (χ2v) is 3.37. The van der Waals surface area contributed by atoms with Crippen LogP contribution in [0.4, 0.5) is 0 Å². The number of nitrogens with zero attached hydrogens (tertiary/aromatic N) is 1. The highest BCUT2D eigenvalue weighted by Crippen LogP contribution is 2.35. The summed E-state index contributed by atoms with van der Waals surface area (Å²) < 4.78 is 0. The molecule has 1 heterocycles. The first-order valence-electron chi connectivity index (χ1n) is 4.10. The van der Waals surface area contributed by atoms with E-state index in [2.05, 4.69) is 5.32 Å². The molecule has 9 heavy (non-hydrogen) atoms. The van der Waals surface area contributed by atoms with Gasteiger partial charge < -0.3 is 0 Å². The van der Waals surface area contributed by atoms with E-state index in [-0.39, 0.29) is 0 Å². The van der Waals surface area contributed by atoms with Gasteiger partial charge in [0.05, 0.1) is 0 Å². The molecule has 1 heteroatoms. The Bertz CT molecular complexity index is 88.7. The Balaban J connectivity index is 1.97. The summed E-state index contributed by atoms with van der Waals surface area (Å²) in [5, 5.41) is 4.42. The quantitative estimate of drug-likeness (QED) is 0.463. The summed E-state index contributed by atoms with van der Waals surface area (Å²) in [6, 6.07) is 0. The van der Waals surface area contributed by atoms with Crippen molar-refractivity contribution in [3.8, 4) is 0 Å². The SMILES string of the molecule is C1C[C@H]2CC[N]C[C@H]2C1. The third-order valence-corrected chi connectivity index (χ3v) is 2.84. The molecule has 2 aliphatic rings. The van der Waals surface area contributed by atoms with Crippen LogP contribution in [0.25, 0.3) is 0 Å². The molecule has 0 amide bonds. The number of hydrogen-bond acceptors (Lipinski definition) is 0. The highest BCUT2D eigenvalue weighted by molar-refractivity contribution is 4.82. The molecule has 2 rings (SSSR count). The van der Waals surface area contributed by atoms with E-state index in [1.54, 1.807) is 0 Å². The number of piperidine rings is 1. The maximum Gasteiger partial charge on any atom is 0.0164 e. The molecule has 0 unspecified atom stereocenters. The van der Waals surface area contributed by atoms with Crippen LogP contribution in [0.2, 0.25) is 0 Å². The van der Waals surface area contributed by atoms with Crippen LogP contribution < -0.4 is 5.32 Å². The molecular formula is C8H14N. The first kappa shape index (κ1) is 5.72. The maximum absolute atomic E-state index is 4.42. The minimum Gasteiger partial charge on any atom is -0.241 e. The lowest BCUT2D eigenvalue weighted by molar-refractivity contribution is 0.291. The summed E-state index contributed by atoms with van der Waals surface area (Å²) in [6.07, 6.45) is 5.84. The standard InChI is InChI=1S/C8H14N/c1-2-7-4-5-9-6-8(7)3-1/h7-8H,1-6H2/t7-,8+/m0/s1. The third kappa shape index (κ3) is 0.983. The normalized spacial score (nSPS) is 42.7. The summed E-state index contributed by atoms with van der Waals surface area (Å²) in [7, 11) is 0. The van der Waals surface area contributed by atoms with E-state index >= 15 is 0 Å². The third-order valence-electron chi connectivity index (χ3n) is 2.84. The van der Waals surface area contributed by atoms with Gasteiger partial charge in [-0.05, 0) is 24.7 Å². The Labute approximate surface area is 56.8 Å². The van der Waals surface area contributed by atoms with Gasteiger partial charge in [0.25, 0.3) is 0 Å². The molecule has 0 bridgehead atoms. The molecule has 1 aliphatic heterocycles. The largest absolute Gasteiger partial charge is 0.241 e. The zero-order valence-electron chi connectivity index (χ0n) is 5.84. The highest BCUT2D eigenvalue weighted by Gasteiger charge is 2.29. The Morgan fingerprint density at radius 3 is 2.78 bits per heavy atom. The average Bonchev–Trinajstić information content (AvgIpc) is 2.33.